The van der Waals surface area contributed by atoms with Gasteiger partial charge in [-0.05, 0) is 12.8 Å². The van der Waals surface area contributed by atoms with Crippen LogP contribution >= 0.6 is 0 Å². The van der Waals surface area contributed by atoms with E-state index < -0.39 is 24.0 Å². The minimum Gasteiger partial charge on any atom is -0.480 e. The summed E-state index contributed by atoms with van der Waals surface area (Å²) in [6.07, 6.45) is 1.54. The molecule has 0 spiro atoms. The maximum absolute atomic E-state index is 10.4. The Labute approximate surface area is 119 Å². The summed E-state index contributed by atoms with van der Waals surface area (Å²) in [5.41, 5.74) is 0. The van der Waals surface area contributed by atoms with Gasteiger partial charge in [-0.25, -0.2) is 9.59 Å². The van der Waals surface area contributed by atoms with Gasteiger partial charge >= 0.3 is 11.9 Å². The molecule has 0 saturated carbocycles. The van der Waals surface area contributed by atoms with Gasteiger partial charge in [-0.3, -0.25) is 9.59 Å². The number of carbonyl (C=O) groups excluding carboxylic acids is 2. The van der Waals surface area contributed by atoms with E-state index in [9.17, 15) is 19.2 Å². The largest absolute Gasteiger partial charge is 0.480 e. The molecule has 109 valence electrons. The van der Waals surface area contributed by atoms with Crippen LogP contribution in [0.25, 0.3) is 0 Å². The van der Waals surface area contributed by atoms with E-state index in [2.05, 4.69) is 10.6 Å². The molecule has 19 heavy (non-hydrogen) atoms. The van der Waals surface area contributed by atoms with E-state index in [1.54, 1.807) is 0 Å². The van der Waals surface area contributed by atoms with E-state index in [1.165, 1.54) is 0 Å². The van der Waals surface area contributed by atoms with Gasteiger partial charge in [0.05, 0.1) is 0 Å². The van der Waals surface area contributed by atoms with Crippen molar-refractivity contribution in [2.24, 2.45) is 0 Å². The Morgan fingerprint density at radius 1 is 0.895 bits per heavy atom. The smallest absolute Gasteiger partial charge is 0.326 e. The minimum absolute atomic E-state index is 0. The molecule has 0 unspecified atom stereocenters. The van der Waals surface area contributed by atoms with Crippen molar-refractivity contribution in [1.29, 1.82) is 0 Å². The zero-order valence-electron chi connectivity index (χ0n) is 9.84. The quantitative estimate of drug-likeness (QED) is 0.500. The van der Waals surface area contributed by atoms with Gasteiger partial charge in [0.2, 0.25) is 11.8 Å². The summed E-state index contributed by atoms with van der Waals surface area (Å²) >= 11 is 0. The van der Waals surface area contributed by atoms with E-state index in [-0.39, 0.29) is 28.6 Å². The first kappa shape index (κ1) is 17.4. The van der Waals surface area contributed by atoms with E-state index >= 15 is 0 Å². The van der Waals surface area contributed by atoms with Crippen molar-refractivity contribution in [2.45, 2.75) is 37.8 Å². The molecule has 8 nitrogen and oxygen atoms in total. The third kappa shape index (κ3) is 5.70. The molecule has 2 heterocycles. The first-order valence-electron chi connectivity index (χ1n) is 5.44. The van der Waals surface area contributed by atoms with Crippen LogP contribution in [0.2, 0.25) is 0 Å². The SMILES string of the molecule is O=C1CC[C@@H](C(=O)O)N1.O=C1CC[C@@H](C(=O)O)N1.[Co]. The summed E-state index contributed by atoms with van der Waals surface area (Å²) in [6.45, 7) is 0. The summed E-state index contributed by atoms with van der Waals surface area (Å²) in [6, 6.07) is -1.28. The molecule has 9 heteroatoms. The molecule has 0 aromatic carbocycles. The fourth-order valence-corrected chi connectivity index (χ4v) is 1.60. The third-order valence-electron chi connectivity index (χ3n) is 2.59. The number of nitrogens with one attached hydrogen (secondary N) is 2. The summed E-state index contributed by atoms with van der Waals surface area (Å²) in [5.74, 6) is -2.22. The molecule has 2 saturated heterocycles. The fourth-order valence-electron chi connectivity index (χ4n) is 1.60. The van der Waals surface area contributed by atoms with Crippen LogP contribution in [0.1, 0.15) is 25.7 Å². The monoisotopic (exact) mass is 317 g/mol. The first-order valence-corrected chi connectivity index (χ1v) is 5.44. The summed E-state index contributed by atoms with van der Waals surface area (Å²) in [7, 11) is 0. The number of hydrogen-bond donors (Lipinski definition) is 4. The van der Waals surface area contributed by atoms with Gasteiger partial charge in [0.15, 0.2) is 0 Å². The Hall–Kier alpha value is -1.61. The molecule has 0 aromatic heterocycles. The normalized spacial score (nSPS) is 24.4. The van der Waals surface area contributed by atoms with Crippen LogP contribution in [0.3, 0.4) is 0 Å². The van der Waals surface area contributed by atoms with Gasteiger partial charge in [0, 0.05) is 29.6 Å². The number of carbonyl (C=O) groups is 4. The van der Waals surface area contributed by atoms with Crippen molar-refractivity contribution in [3.8, 4) is 0 Å². The molecule has 2 atom stereocenters. The maximum Gasteiger partial charge on any atom is 0.326 e. The Morgan fingerprint density at radius 3 is 1.32 bits per heavy atom. The van der Waals surface area contributed by atoms with Gasteiger partial charge < -0.3 is 20.8 Å². The second kappa shape index (κ2) is 7.74. The maximum atomic E-state index is 10.4. The van der Waals surface area contributed by atoms with Gasteiger partial charge in [-0.1, -0.05) is 0 Å². The molecule has 0 aliphatic carbocycles. The second-order valence-corrected chi connectivity index (χ2v) is 3.99. The number of carboxylic acids is 2. The van der Waals surface area contributed by atoms with Crippen LogP contribution in [0.4, 0.5) is 0 Å². The Kier molecular flexibility index (Phi) is 7.08. The predicted molar refractivity (Wildman–Crippen MR) is 57.6 cm³/mol. The van der Waals surface area contributed by atoms with E-state index in [1.807, 2.05) is 0 Å². The third-order valence-corrected chi connectivity index (χ3v) is 2.59. The Bertz CT molecular complexity index is 350. The molecule has 4 N–H and O–H groups in total. The summed E-state index contributed by atoms with van der Waals surface area (Å²) < 4.78 is 0. The van der Waals surface area contributed by atoms with Crippen LogP contribution in [0.5, 0.6) is 0 Å². The second-order valence-electron chi connectivity index (χ2n) is 3.99. The van der Waals surface area contributed by atoms with Crippen molar-refractivity contribution in [3.05, 3.63) is 0 Å². The molecule has 2 fully saturated rings. The molecule has 2 rings (SSSR count). The van der Waals surface area contributed by atoms with Gasteiger partial charge in [0.1, 0.15) is 12.1 Å². The van der Waals surface area contributed by atoms with Crippen LogP contribution in [-0.2, 0) is 36.0 Å². The Morgan fingerprint density at radius 2 is 1.21 bits per heavy atom. The van der Waals surface area contributed by atoms with Crippen molar-refractivity contribution in [1.82, 2.24) is 10.6 Å². The Balaban J connectivity index is 0.000000324. The molecule has 1 radical (unpaired) electrons. The van der Waals surface area contributed by atoms with Crippen molar-refractivity contribution in [2.75, 3.05) is 0 Å². The standard InChI is InChI=1S/2C5H7NO3.Co/c2*7-4-2-1-3(6-4)5(8)9;/h2*3H,1-2H2,(H,6,7)(H,8,9);/t2*3-;/m00./s1. The molecule has 2 aliphatic rings. The van der Waals surface area contributed by atoms with Crippen LogP contribution in [0.15, 0.2) is 0 Å². The topological polar surface area (TPSA) is 133 Å². The van der Waals surface area contributed by atoms with Crippen LogP contribution < -0.4 is 10.6 Å². The van der Waals surface area contributed by atoms with E-state index in [0.717, 1.165) is 0 Å². The average Bonchev–Trinajstić information content (AvgIpc) is 2.88. The van der Waals surface area contributed by atoms with Gasteiger partial charge in [0.25, 0.3) is 0 Å². The zero-order valence-corrected chi connectivity index (χ0v) is 10.9. The van der Waals surface area contributed by atoms with Crippen molar-refractivity contribution < 1.29 is 46.2 Å². The molecule has 2 amide bonds. The number of carboxylic acid groups (broad SMARTS) is 2. The molecular formula is C10H14CoN2O6. The number of hydrogen-bond acceptors (Lipinski definition) is 4. The average molecular weight is 317 g/mol. The molecule has 2 aliphatic heterocycles. The minimum atomic E-state index is -0.944. The van der Waals surface area contributed by atoms with Crippen LogP contribution in [0, 0.1) is 0 Å². The summed E-state index contributed by atoms with van der Waals surface area (Å²) in [5, 5.41) is 21.3. The van der Waals surface area contributed by atoms with Gasteiger partial charge in [-0.15, -0.1) is 0 Å². The van der Waals surface area contributed by atoms with E-state index in [0.29, 0.717) is 25.7 Å². The number of aliphatic carboxylic acids is 2. The van der Waals surface area contributed by atoms with Crippen molar-refractivity contribution >= 4 is 23.8 Å². The van der Waals surface area contributed by atoms with Crippen LogP contribution in [-0.4, -0.2) is 46.0 Å². The molecule has 0 aromatic rings. The fraction of sp³-hybridized carbons (Fsp3) is 0.600. The first-order chi connectivity index (χ1) is 8.40. The number of amides is 2. The molecular weight excluding hydrogens is 303 g/mol. The number of rotatable bonds is 2. The molecule has 0 bridgehead atoms. The predicted octanol–water partition coefficient (Wildman–Crippen LogP) is -1.30. The van der Waals surface area contributed by atoms with Crippen molar-refractivity contribution in [3.63, 3.8) is 0 Å². The summed E-state index contributed by atoms with van der Waals surface area (Å²) in [4.78, 5) is 41.0. The van der Waals surface area contributed by atoms with E-state index in [4.69, 9.17) is 10.2 Å². The zero-order chi connectivity index (χ0) is 13.7. The van der Waals surface area contributed by atoms with Gasteiger partial charge in [-0.2, -0.15) is 0 Å².